The van der Waals surface area contributed by atoms with Gasteiger partial charge in [-0.05, 0) is 39.0 Å². The molecule has 154 valence electrons. The number of amides is 3. The minimum Gasteiger partial charge on any atom is -0.496 e. The number of allylic oxidation sites excluding steroid dienone is 1. The smallest absolute Gasteiger partial charge is 0.313 e. The maximum atomic E-state index is 12.3. The van der Waals surface area contributed by atoms with Gasteiger partial charge in [-0.25, -0.2) is 4.98 Å². The lowest BCUT2D eigenvalue weighted by molar-refractivity contribution is -0.137. The highest BCUT2D eigenvalue weighted by atomic mass is 16.5. The van der Waals surface area contributed by atoms with Crippen LogP contribution < -0.4 is 20.7 Å². The highest BCUT2D eigenvalue weighted by molar-refractivity contribution is 6.39. The molecule has 0 fully saturated rings. The number of anilines is 1. The quantitative estimate of drug-likeness (QED) is 0.482. The van der Waals surface area contributed by atoms with Crippen molar-refractivity contribution < 1.29 is 23.5 Å². The van der Waals surface area contributed by atoms with Gasteiger partial charge in [0.2, 0.25) is 5.91 Å². The van der Waals surface area contributed by atoms with E-state index in [0.29, 0.717) is 22.8 Å². The molecule has 0 radical (unpaired) electrons. The van der Waals surface area contributed by atoms with E-state index >= 15 is 0 Å². The lowest BCUT2D eigenvalue weighted by Crippen LogP contribution is -2.53. The van der Waals surface area contributed by atoms with Crippen LogP contribution in [-0.4, -0.2) is 41.9 Å². The van der Waals surface area contributed by atoms with Crippen LogP contribution in [0.4, 0.5) is 5.69 Å². The summed E-state index contributed by atoms with van der Waals surface area (Å²) in [6.45, 7) is 5.28. The summed E-state index contributed by atoms with van der Waals surface area (Å²) in [5.74, 6) is -0.981. The van der Waals surface area contributed by atoms with Crippen molar-refractivity contribution in [2.24, 2.45) is 0 Å². The Labute approximate surface area is 168 Å². The van der Waals surface area contributed by atoms with Crippen LogP contribution in [0.5, 0.6) is 5.75 Å². The average molecular weight is 400 g/mol. The van der Waals surface area contributed by atoms with E-state index in [9.17, 15) is 14.4 Å². The van der Waals surface area contributed by atoms with Gasteiger partial charge in [0.05, 0.1) is 24.4 Å². The second-order valence-corrected chi connectivity index (χ2v) is 6.79. The van der Waals surface area contributed by atoms with Gasteiger partial charge in [0.25, 0.3) is 0 Å². The lowest BCUT2D eigenvalue weighted by Gasteiger charge is -2.26. The fourth-order valence-corrected chi connectivity index (χ4v) is 2.44. The zero-order valence-corrected chi connectivity index (χ0v) is 16.7. The summed E-state index contributed by atoms with van der Waals surface area (Å²) in [5, 5.41) is 7.76. The number of aromatic nitrogens is 1. The monoisotopic (exact) mass is 400 g/mol. The summed E-state index contributed by atoms with van der Waals surface area (Å²) in [7, 11) is 1.48. The number of hydrogen-bond acceptors (Lipinski definition) is 6. The molecule has 0 unspecified atom stereocenters. The van der Waals surface area contributed by atoms with E-state index in [2.05, 4.69) is 20.9 Å². The van der Waals surface area contributed by atoms with Gasteiger partial charge >= 0.3 is 11.8 Å². The predicted octanol–water partition coefficient (Wildman–Crippen LogP) is 1.88. The molecule has 0 spiro atoms. The number of ether oxygens (including phenoxy) is 1. The molecule has 0 atom stereocenters. The molecule has 2 rings (SSSR count). The Morgan fingerprint density at radius 1 is 1.24 bits per heavy atom. The van der Waals surface area contributed by atoms with Crippen molar-refractivity contribution in [1.82, 2.24) is 15.6 Å². The first-order valence-corrected chi connectivity index (χ1v) is 8.86. The van der Waals surface area contributed by atoms with Crippen LogP contribution in [0, 0.1) is 0 Å². The predicted molar refractivity (Wildman–Crippen MR) is 107 cm³/mol. The fourth-order valence-electron chi connectivity index (χ4n) is 2.44. The van der Waals surface area contributed by atoms with Crippen molar-refractivity contribution in [3.05, 3.63) is 42.9 Å². The van der Waals surface area contributed by atoms with Gasteiger partial charge in [-0.15, -0.1) is 0 Å². The Morgan fingerprint density at radius 2 is 2.00 bits per heavy atom. The zero-order valence-electron chi connectivity index (χ0n) is 16.7. The molecule has 2 aromatic rings. The Hall–Kier alpha value is -3.62. The Balaban J connectivity index is 2.00. The van der Waals surface area contributed by atoms with E-state index < -0.39 is 17.4 Å². The van der Waals surface area contributed by atoms with Gasteiger partial charge in [-0.1, -0.05) is 6.08 Å². The molecule has 3 amide bonds. The molecule has 29 heavy (non-hydrogen) atoms. The van der Waals surface area contributed by atoms with E-state index in [1.54, 1.807) is 51.2 Å². The molecule has 3 N–H and O–H groups in total. The Kier molecular flexibility index (Phi) is 7.13. The van der Waals surface area contributed by atoms with Crippen LogP contribution in [0.15, 0.2) is 47.4 Å². The largest absolute Gasteiger partial charge is 0.496 e. The Bertz CT molecular complexity index is 904. The number of rotatable bonds is 7. The van der Waals surface area contributed by atoms with Crippen LogP contribution in [0.1, 0.15) is 20.8 Å². The second-order valence-electron chi connectivity index (χ2n) is 6.79. The van der Waals surface area contributed by atoms with Crippen LogP contribution in [-0.2, 0) is 14.4 Å². The van der Waals surface area contributed by atoms with Crippen molar-refractivity contribution in [2.75, 3.05) is 19.0 Å². The van der Waals surface area contributed by atoms with Crippen LogP contribution in [0.3, 0.4) is 0 Å². The van der Waals surface area contributed by atoms with Crippen molar-refractivity contribution in [3.8, 4) is 17.1 Å². The van der Waals surface area contributed by atoms with Gasteiger partial charge < -0.3 is 25.1 Å². The summed E-state index contributed by atoms with van der Waals surface area (Å²) >= 11 is 0. The molecule has 0 saturated carbocycles. The first kappa shape index (κ1) is 21.7. The normalized spacial score (nSPS) is 11.2. The summed E-state index contributed by atoms with van der Waals surface area (Å²) in [6, 6.07) is 4.88. The molecule has 1 aromatic heterocycles. The third-order valence-corrected chi connectivity index (χ3v) is 3.84. The molecule has 0 saturated heterocycles. The molecule has 1 heterocycles. The van der Waals surface area contributed by atoms with Gasteiger partial charge in [0.15, 0.2) is 12.2 Å². The van der Waals surface area contributed by atoms with Gasteiger partial charge in [-0.3, -0.25) is 14.4 Å². The molecular formula is C20H24N4O5. The van der Waals surface area contributed by atoms with Crippen LogP contribution >= 0.6 is 0 Å². The summed E-state index contributed by atoms with van der Waals surface area (Å²) in [4.78, 5) is 39.9. The first-order valence-electron chi connectivity index (χ1n) is 8.86. The number of nitrogens with one attached hydrogen (secondary N) is 3. The standard InChI is InChI=1S/C20H24N4O5/c1-5-6-17(25)22-11-20(2,3)24-19(27)18(26)23-13-7-8-14(15(9-13)28-4)16-10-21-12-29-16/h5-10,12H,11H2,1-4H3,(H,22,25)(H,23,26)(H,24,27). The molecular weight excluding hydrogens is 376 g/mol. The van der Waals surface area contributed by atoms with Crippen molar-refractivity contribution in [2.45, 2.75) is 26.3 Å². The number of nitrogens with zero attached hydrogens (tertiary/aromatic N) is 1. The molecule has 9 heteroatoms. The number of methoxy groups -OCH3 is 1. The van der Waals surface area contributed by atoms with Gasteiger partial charge in [0, 0.05) is 18.3 Å². The number of benzene rings is 1. The van der Waals surface area contributed by atoms with Crippen LogP contribution in [0.25, 0.3) is 11.3 Å². The number of carbonyl (C=O) groups excluding carboxylic acids is 3. The van der Waals surface area contributed by atoms with E-state index in [1.165, 1.54) is 19.6 Å². The topological polar surface area (TPSA) is 123 Å². The maximum Gasteiger partial charge on any atom is 0.313 e. The second kappa shape index (κ2) is 9.54. The molecule has 0 aliphatic rings. The third kappa shape index (κ3) is 6.20. The van der Waals surface area contributed by atoms with Crippen molar-refractivity contribution in [1.29, 1.82) is 0 Å². The van der Waals surface area contributed by atoms with Gasteiger partial charge in [0.1, 0.15) is 5.75 Å². The van der Waals surface area contributed by atoms with E-state index in [4.69, 9.17) is 9.15 Å². The highest BCUT2D eigenvalue weighted by Gasteiger charge is 2.25. The SMILES string of the molecule is CC=CC(=O)NCC(C)(C)NC(=O)C(=O)Nc1ccc(-c2cnco2)c(OC)c1. The lowest BCUT2D eigenvalue weighted by atomic mass is 10.1. The average Bonchev–Trinajstić information content (AvgIpc) is 3.20. The summed E-state index contributed by atoms with van der Waals surface area (Å²) < 4.78 is 10.6. The van der Waals surface area contributed by atoms with E-state index in [-0.39, 0.29) is 12.5 Å². The minimum absolute atomic E-state index is 0.162. The maximum absolute atomic E-state index is 12.3. The van der Waals surface area contributed by atoms with E-state index in [0.717, 1.165) is 0 Å². The third-order valence-electron chi connectivity index (χ3n) is 3.84. The number of carbonyl (C=O) groups is 3. The molecule has 9 nitrogen and oxygen atoms in total. The number of oxazole rings is 1. The zero-order chi connectivity index (χ0) is 21.4. The molecule has 0 aliphatic heterocycles. The summed E-state index contributed by atoms with van der Waals surface area (Å²) in [6.07, 6.45) is 5.83. The van der Waals surface area contributed by atoms with E-state index in [1.807, 2.05) is 0 Å². The fraction of sp³-hybridized carbons (Fsp3) is 0.300. The van der Waals surface area contributed by atoms with Crippen molar-refractivity contribution in [3.63, 3.8) is 0 Å². The Morgan fingerprint density at radius 3 is 2.62 bits per heavy atom. The molecule has 0 aliphatic carbocycles. The number of hydrogen-bond donors (Lipinski definition) is 3. The summed E-state index contributed by atoms with van der Waals surface area (Å²) in [5.41, 5.74) is 0.217. The first-order chi connectivity index (χ1) is 13.8. The van der Waals surface area contributed by atoms with Crippen LogP contribution in [0.2, 0.25) is 0 Å². The molecule has 1 aromatic carbocycles. The minimum atomic E-state index is -0.840. The van der Waals surface area contributed by atoms with Gasteiger partial charge in [-0.2, -0.15) is 0 Å². The van der Waals surface area contributed by atoms with Crippen molar-refractivity contribution >= 4 is 23.4 Å². The molecule has 0 bridgehead atoms. The highest BCUT2D eigenvalue weighted by Crippen LogP contribution is 2.32.